The van der Waals surface area contributed by atoms with Crippen LogP contribution < -0.4 is 9.84 Å². The van der Waals surface area contributed by atoms with Gasteiger partial charge in [-0.05, 0) is 24.1 Å². The van der Waals surface area contributed by atoms with Gasteiger partial charge in [-0.1, -0.05) is 18.1 Å². The first-order chi connectivity index (χ1) is 9.61. The standard InChI is InChI=1S/C15H17NO4/c1-2-9-20-12-5-3-11(4-6-12)13-7-8-16(15(18)19)10-14(13)17/h1,3-6,13-14,17H,7-10H2,(H,18,19)/p-1. The number of hydrogen-bond donors (Lipinski definition) is 1. The van der Waals surface area contributed by atoms with Gasteiger partial charge in [0.25, 0.3) is 0 Å². The first kappa shape index (κ1) is 14.2. The molecule has 0 bridgehead atoms. The Morgan fingerprint density at radius 2 is 2.20 bits per heavy atom. The summed E-state index contributed by atoms with van der Waals surface area (Å²) in [4.78, 5) is 11.9. The molecule has 1 aliphatic rings. The van der Waals surface area contributed by atoms with Crippen LogP contribution in [-0.4, -0.2) is 41.9 Å². The number of carboxylic acid groups (broad SMARTS) is 1. The Labute approximate surface area is 117 Å². The molecule has 106 valence electrons. The molecular formula is C15H16NO4-. The van der Waals surface area contributed by atoms with E-state index in [1.165, 1.54) is 0 Å². The van der Waals surface area contributed by atoms with E-state index in [0.29, 0.717) is 18.7 Å². The highest BCUT2D eigenvalue weighted by Gasteiger charge is 2.28. The number of β-amino-alcohol motifs (C(OH)–C–C–N with tert-alkyl or cyclic N) is 1. The van der Waals surface area contributed by atoms with E-state index in [1.807, 2.05) is 12.1 Å². The third-order valence-corrected chi connectivity index (χ3v) is 3.47. The smallest absolute Gasteiger partial charge is 0.148 e. The van der Waals surface area contributed by atoms with Gasteiger partial charge in [-0.2, -0.15) is 0 Å². The maximum absolute atomic E-state index is 10.8. The first-order valence-corrected chi connectivity index (χ1v) is 6.42. The predicted molar refractivity (Wildman–Crippen MR) is 71.1 cm³/mol. The minimum absolute atomic E-state index is 0.0766. The maximum atomic E-state index is 10.8. The van der Waals surface area contributed by atoms with Crippen molar-refractivity contribution >= 4 is 6.09 Å². The van der Waals surface area contributed by atoms with Crippen LogP contribution in [0.1, 0.15) is 17.9 Å². The third-order valence-electron chi connectivity index (χ3n) is 3.47. The Morgan fingerprint density at radius 1 is 1.50 bits per heavy atom. The lowest BCUT2D eigenvalue weighted by Crippen LogP contribution is -2.50. The molecule has 20 heavy (non-hydrogen) atoms. The molecule has 5 nitrogen and oxygen atoms in total. The molecule has 0 spiro atoms. The van der Waals surface area contributed by atoms with Gasteiger partial charge < -0.3 is 24.6 Å². The molecule has 0 saturated carbocycles. The molecule has 0 radical (unpaired) electrons. The number of terminal acetylenes is 1. The summed E-state index contributed by atoms with van der Waals surface area (Å²) in [6.07, 6.45) is 3.72. The number of nitrogens with zero attached hydrogens (tertiary/aromatic N) is 1. The molecule has 1 fully saturated rings. The highest BCUT2D eigenvalue weighted by molar-refractivity contribution is 5.62. The largest absolute Gasteiger partial charge is 0.530 e. The normalized spacial score (nSPS) is 22.1. The molecule has 1 aromatic rings. The fourth-order valence-corrected chi connectivity index (χ4v) is 2.42. The SMILES string of the molecule is C#CCOc1ccc(C2CCN(C(=O)[O-])CC2O)cc1. The molecule has 1 amide bonds. The number of aliphatic hydroxyl groups excluding tert-OH is 1. The van der Waals surface area contributed by atoms with Crippen LogP contribution in [0.5, 0.6) is 5.75 Å². The van der Waals surface area contributed by atoms with Crippen molar-refractivity contribution in [3.8, 4) is 18.1 Å². The zero-order chi connectivity index (χ0) is 14.5. The lowest BCUT2D eigenvalue weighted by atomic mass is 9.87. The number of amides is 1. The van der Waals surface area contributed by atoms with Crippen molar-refractivity contribution in [2.45, 2.75) is 18.4 Å². The van der Waals surface area contributed by atoms with E-state index in [9.17, 15) is 15.0 Å². The van der Waals surface area contributed by atoms with Gasteiger partial charge in [0.1, 0.15) is 18.4 Å². The topological polar surface area (TPSA) is 72.8 Å². The Hall–Kier alpha value is -2.19. The van der Waals surface area contributed by atoms with Gasteiger partial charge in [-0.15, -0.1) is 6.42 Å². The number of hydrogen-bond acceptors (Lipinski definition) is 4. The second-order valence-electron chi connectivity index (χ2n) is 4.74. The molecule has 0 aromatic heterocycles. The quantitative estimate of drug-likeness (QED) is 0.799. The lowest BCUT2D eigenvalue weighted by molar-refractivity contribution is -0.268. The monoisotopic (exact) mass is 274 g/mol. The van der Waals surface area contributed by atoms with Crippen LogP contribution in [-0.2, 0) is 0 Å². The molecule has 0 aliphatic carbocycles. The molecule has 5 heteroatoms. The Balaban J connectivity index is 2.01. The summed E-state index contributed by atoms with van der Waals surface area (Å²) < 4.78 is 5.28. The summed E-state index contributed by atoms with van der Waals surface area (Å²) >= 11 is 0. The van der Waals surface area contributed by atoms with Gasteiger partial charge in [0.15, 0.2) is 0 Å². The van der Waals surface area contributed by atoms with E-state index in [1.54, 1.807) is 12.1 Å². The van der Waals surface area contributed by atoms with Gasteiger partial charge >= 0.3 is 0 Å². The van der Waals surface area contributed by atoms with Crippen LogP contribution >= 0.6 is 0 Å². The van der Waals surface area contributed by atoms with Crippen molar-refractivity contribution in [3.05, 3.63) is 29.8 Å². The third kappa shape index (κ3) is 3.22. The van der Waals surface area contributed by atoms with Gasteiger partial charge in [0.05, 0.1) is 6.10 Å². The van der Waals surface area contributed by atoms with E-state index in [0.717, 1.165) is 10.5 Å². The highest BCUT2D eigenvalue weighted by Crippen LogP contribution is 2.29. The number of ether oxygens (including phenoxy) is 1. The van der Waals surface area contributed by atoms with E-state index < -0.39 is 12.2 Å². The zero-order valence-electron chi connectivity index (χ0n) is 11.0. The van der Waals surface area contributed by atoms with E-state index in [4.69, 9.17) is 11.2 Å². The molecule has 2 rings (SSSR count). The van der Waals surface area contributed by atoms with Crippen molar-refractivity contribution in [1.82, 2.24) is 4.90 Å². The van der Waals surface area contributed by atoms with Crippen molar-refractivity contribution in [2.24, 2.45) is 0 Å². The second-order valence-corrected chi connectivity index (χ2v) is 4.74. The molecule has 2 atom stereocenters. The van der Waals surface area contributed by atoms with Gasteiger partial charge in [-0.25, -0.2) is 0 Å². The minimum atomic E-state index is -1.24. The van der Waals surface area contributed by atoms with E-state index in [2.05, 4.69) is 5.92 Å². The minimum Gasteiger partial charge on any atom is -0.530 e. The molecule has 1 aromatic carbocycles. The van der Waals surface area contributed by atoms with Crippen LogP contribution in [0.25, 0.3) is 0 Å². The Bertz CT molecular complexity index is 506. The number of benzene rings is 1. The van der Waals surface area contributed by atoms with Crippen LogP contribution in [0.3, 0.4) is 0 Å². The highest BCUT2D eigenvalue weighted by atomic mass is 16.5. The van der Waals surface area contributed by atoms with E-state index in [-0.39, 0.29) is 19.1 Å². The summed E-state index contributed by atoms with van der Waals surface area (Å²) in [5, 5.41) is 20.8. The number of likely N-dealkylation sites (tertiary alicyclic amines) is 1. The first-order valence-electron chi connectivity index (χ1n) is 6.42. The molecule has 1 aliphatic heterocycles. The van der Waals surface area contributed by atoms with Crippen LogP contribution in [0.4, 0.5) is 4.79 Å². The molecule has 1 heterocycles. The van der Waals surface area contributed by atoms with Crippen LogP contribution in [0.2, 0.25) is 0 Å². The van der Waals surface area contributed by atoms with Crippen LogP contribution in [0, 0.1) is 12.3 Å². The summed E-state index contributed by atoms with van der Waals surface area (Å²) in [5.41, 5.74) is 0.962. The zero-order valence-corrected chi connectivity index (χ0v) is 11.0. The Kier molecular flexibility index (Phi) is 4.49. The fraction of sp³-hybridized carbons (Fsp3) is 0.400. The molecule has 1 saturated heterocycles. The van der Waals surface area contributed by atoms with Crippen molar-refractivity contribution < 1.29 is 19.7 Å². The Morgan fingerprint density at radius 3 is 2.75 bits per heavy atom. The molecule has 1 N–H and O–H groups in total. The lowest BCUT2D eigenvalue weighted by Gasteiger charge is -2.37. The maximum Gasteiger partial charge on any atom is 0.148 e. The molecular weight excluding hydrogens is 258 g/mol. The second kappa shape index (κ2) is 6.31. The van der Waals surface area contributed by atoms with Crippen molar-refractivity contribution in [2.75, 3.05) is 19.7 Å². The van der Waals surface area contributed by atoms with Gasteiger partial charge in [-0.3, -0.25) is 0 Å². The van der Waals surface area contributed by atoms with Crippen molar-refractivity contribution in [1.29, 1.82) is 0 Å². The number of aliphatic hydroxyl groups is 1. The summed E-state index contributed by atoms with van der Waals surface area (Å²) in [6, 6.07) is 7.33. The van der Waals surface area contributed by atoms with Crippen LogP contribution in [0.15, 0.2) is 24.3 Å². The number of carbonyl (C=O) groups is 1. The average molecular weight is 274 g/mol. The predicted octanol–water partition coefficient (Wildman–Crippen LogP) is 0.192. The van der Waals surface area contributed by atoms with Crippen molar-refractivity contribution in [3.63, 3.8) is 0 Å². The number of carbonyl (C=O) groups excluding carboxylic acids is 1. The molecule has 2 unspecified atom stereocenters. The fourth-order valence-electron chi connectivity index (χ4n) is 2.42. The van der Waals surface area contributed by atoms with E-state index >= 15 is 0 Å². The number of rotatable bonds is 3. The summed E-state index contributed by atoms with van der Waals surface area (Å²) in [6.45, 7) is 0.674. The summed E-state index contributed by atoms with van der Waals surface area (Å²) in [5.74, 6) is 2.99. The van der Waals surface area contributed by atoms with Gasteiger partial charge in [0.2, 0.25) is 0 Å². The van der Waals surface area contributed by atoms with Gasteiger partial charge in [0, 0.05) is 19.0 Å². The summed E-state index contributed by atoms with van der Waals surface area (Å²) in [7, 11) is 0. The number of piperidine rings is 1. The average Bonchev–Trinajstić information content (AvgIpc) is 2.45.